The van der Waals surface area contributed by atoms with Crippen molar-refractivity contribution >= 4 is 26.8 Å². The van der Waals surface area contributed by atoms with Gasteiger partial charge in [-0.3, -0.25) is 4.79 Å². The van der Waals surface area contributed by atoms with Gasteiger partial charge in [-0.15, -0.1) is 0 Å². The predicted octanol–water partition coefficient (Wildman–Crippen LogP) is 1.01. The Bertz CT molecular complexity index is 875. The standard InChI is InChI=1S/C17H23N3O4S/c1-13-18-15-5-3-4-6-16(15)20(13)11-17(21)19(8-9-24-2)14-7-10-25(22,23)12-14/h3-6,14H,7-12H2,1-2H3/t14-/m0/s1. The van der Waals surface area contributed by atoms with Crippen LogP contribution in [0.1, 0.15) is 12.2 Å². The van der Waals surface area contributed by atoms with E-state index in [0.717, 1.165) is 16.9 Å². The molecular formula is C17H23N3O4S. The minimum atomic E-state index is -3.06. The van der Waals surface area contributed by atoms with Gasteiger partial charge in [-0.1, -0.05) is 12.1 Å². The van der Waals surface area contributed by atoms with Crippen LogP contribution in [0.5, 0.6) is 0 Å². The van der Waals surface area contributed by atoms with Crippen molar-refractivity contribution in [2.24, 2.45) is 0 Å². The van der Waals surface area contributed by atoms with Crippen molar-refractivity contribution in [1.29, 1.82) is 0 Å². The quantitative estimate of drug-likeness (QED) is 0.763. The molecule has 0 aliphatic carbocycles. The number of fused-ring (bicyclic) bond motifs is 1. The Kier molecular flexibility index (Phi) is 5.10. The third-order valence-corrected chi connectivity index (χ3v) is 6.39. The lowest BCUT2D eigenvalue weighted by atomic mass is 10.2. The number of rotatable bonds is 6. The molecule has 8 heteroatoms. The smallest absolute Gasteiger partial charge is 0.242 e. The summed E-state index contributed by atoms with van der Waals surface area (Å²) in [7, 11) is -1.49. The Morgan fingerprint density at radius 1 is 1.40 bits per heavy atom. The second-order valence-electron chi connectivity index (χ2n) is 6.37. The van der Waals surface area contributed by atoms with E-state index >= 15 is 0 Å². The first-order valence-electron chi connectivity index (χ1n) is 8.32. The maximum Gasteiger partial charge on any atom is 0.242 e. The molecule has 1 aliphatic heterocycles. The number of aromatic nitrogens is 2. The number of ether oxygens (including phenoxy) is 1. The fraction of sp³-hybridized carbons (Fsp3) is 0.529. The highest BCUT2D eigenvalue weighted by Gasteiger charge is 2.34. The molecule has 25 heavy (non-hydrogen) atoms. The zero-order valence-electron chi connectivity index (χ0n) is 14.5. The number of benzene rings is 1. The molecule has 2 heterocycles. The van der Waals surface area contributed by atoms with Crippen LogP contribution in [0.25, 0.3) is 11.0 Å². The topological polar surface area (TPSA) is 81.5 Å². The molecule has 0 radical (unpaired) electrons. The fourth-order valence-corrected chi connectivity index (χ4v) is 5.07. The lowest BCUT2D eigenvalue weighted by Gasteiger charge is -2.28. The molecule has 0 saturated carbocycles. The van der Waals surface area contributed by atoms with Crippen LogP contribution < -0.4 is 0 Å². The highest BCUT2D eigenvalue weighted by Crippen LogP contribution is 2.20. The Balaban J connectivity index is 1.83. The van der Waals surface area contributed by atoms with Crippen LogP contribution in [0, 0.1) is 6.92 Å². The molecule has 7 nitrogen and oxygen atoms in total. The van der Waals surface area contributed by atoms with E-state index in [9.17, 15) is 13.2 Å². The molecule has 0 unspecified atom stereocenters. The van der Waals surface area contributed by atoms with E-state index in [-0.39, 0.29) is 30.0 Å². The van der Waals surface area contributed by atoms with Gasteiger partial charge >= 0.3 is 0 Å². The molecule has 1 aromatic heterocycles. The van der Waals surface area contributed by atoms with Gasteiger partial charge in [0.25, 0.3) is 0 Å². The summed E-state index contributed by atoms with van der Waals surface area (Å²) in [5.74, 6) is 0.832. The van der Waals surface area contributed by atoms with Gasteiger partial charge in [0.15, 0.2) is 9.84 Å². The molecule has 3 rings (SSSR count). The Hall–Kier alpha value is -1.93. The first-order chi connectivity index (χ1) is 11.9. The molecule has 0 bridgehead atoms. The maximum absolute atomic E-state index is 12.9. The van der Waals surface area contributed by atoms with Gasteiger partial charge in [-0.05, 0) is 25.5 Å². The highest BCUT2D eigenvalue weighted by molar-refractivity contribution is 7.91. The van der Waals surface area contributed by atoms with Crippen LogP contribution in [0.15, 0.2) is 24.3 Å². The van der Waals surface area contributed by atoms with E-state index < -0.39 is 9.84 Å². The minimum absolute atomic E-state index is 0.0338. The largest absolute Gasteiger partial charge is 0.383 e. The van der Waals surface area contributed by atoms with Gasteiger partial charge in [0, 0.05) is 19.7 Å². The average Bonchev–Trinajstić information content (AvgIpc) is 3.08. The molecule has 136 valence electrons. The lowest BCUT2D eigenvalue weighted by Crippen LogP contribution is -2.44. The maximum atomic E-state index is 12.9. The summed E-state index contributed by atoms with van der Waals surface area (Å²) < 4.78 is 30.6. The van der Waals surface area contributed by atoms with Crippen LogP contribution in [0.4, 0.5) is 0 Å². The number of hydrogen-bond donors (Lipinski definition) is 0. The average molecular weight is 365 g/mol. The molecular weight excluding hydrogens is 342 g/mol. The number of amides is 1. The van der Waals surface area contributed by atoms with Gasteiger partial charge in [0.2, 0.25) is 5.91 Å². The number of sulfone groups is 1. The van der Waals surface area contributed by atoms with Gasteiger partial charge in [-0.25, -0.2) is 13.4 Å². The Morgan fingerprint density at radius 3 is 2.84 bits per heavy atom. The first kappa shape index (κ1) is 17.9. The van der Waals surface area contributed by atoms with E-state index in [4.69, 9.17) is 4.74 Å². The molecule has 1 fully saturated rings. The Morgan fingerprint density at radius 2 is 2.16 bits per heavy atom. The van der Waals surface area contributed by atoms with Gasteiger partial charge in [-0.2, -0.15) is 0 Å². The van der Waals surface area contributed by atoms with E-state index in [1.165, 1.54) is 0 Å². The fourth-order valence-electron chi connectivity index (χ4n) is 3.34. The molecule has 1 aromatic carbocycles. The number of imidazole rings is 1. The van der Waals surface area contributed by atoms with Crippen LogP contribution in [0.3, 0.4) is 0 Å². The summed E-state index contributed by atoms with van der Waals surface area (Å²) >= 11 is 0. The highest BCUT2D eigenvalue weighted by atomic mass is 32.2. The van der Waals surface area contributed by atoms with E-state index in [1.54, 1.807) is 12.0 Å². The summed E-state index contributed by atoms with van der Waals surface area (Å²) in [6.07, 6.45) is 0.488. The number of hydrogen-bond acceptors (Lipinski definition) is 5. The summed E-state index contributed by atoms with van der Waals surface area (Å²) in [6.45, 7) is 2.78. The normalized spacial score (nSPS) is 19.4. The number of carbonyl (C=O) groups is 1. The van der Waals surface area contributed by atoms with Crippen LogP contribution in [-0.4, -0.2) is 66.6 Å². The third kappa shape index (κ3) is 3.85. The Labute approximate surface area is 147 Å². The second kappa shape index (κ2) is 7.13. The minimum Gasteiger partial charge on any atom is -0.383 e. The van der Waals surface area contributed by atoms with Gasteiger partial charge in [0.1, 0.15) is 12.4 Å². The number of methoxy groups -OCH3 is 1. The number of para-hydroxylation sites is 2. The van der Waals surface area contributed by atoms with Crippen molar-refractivity contribution in [3.8, 4) is 0 Å². The summed E-state index contributed by atoms with van der Waals surface area (Å²) in [4.78, 5) is 19.1. The molecule has 1 saturated heterocycles. The van der Waals surface area contributed by atoms with Crippen molar-refractivity contribution < 1.29 is 17.9 Å². The van der Waals surface area contributed by atoms with Crippen molar-refractivity contribution in [3.63, 3.8) is 0 Å². The molecule has 0 spiro atoms. The van der Waals surface area contributed by atoms with Crippen LogP contribution >= 0.6 is 0 Å². The number of nitrogens with zero attached hydrogens (tertiary/aromatic N) is 3. The zero-order chi connectivity index (χ0) is 18.0. The van der Waals surface area contributed by atoms with Crippen molar-refractivity contribution in [3.05, 3.63) is 30.1 Å². The molecule has 1 amide bonds. The number of aryl methyl sites for hydroxylation is 1. The monoisotopic (exact) mass is 365 g/mol. The van der Waals surface area contributed by atoms with E-state index in [0.29, 0.717) is 19.6 Å². The SMILES string of the molecule is COCCN(C(=O)Cn1c(C)nc2ccccc21)[C@H]1CCS(=O)(=O)C1. The molecule has 1 atom stereocenters. The third-order valence-electron chi connectivity index (χ3n) is 4.64. The van der Waals surface area contributed by atoms with Crippen molar-refractivity contribution in [2.75, 3.05) is 31.8 Å². The van der Waals surface area contributed by atoms with Gasteiger partial charge < -0.3 is 14.2 Å². The van der Waals surface area contributed by atoms with Crippen molar-refractivity contribution in [2.45, 2.75) is 25.9 Å². The number of carbonyl (C=O) groups excluding carboxylic acids is 1. The second-order valence-corrected chi connectivity index (χ2v) is 8.60. The molecule has 0 N–H and O–H groups in total. The van der Waals surface area contributed by atoms with Crippen LogP contribution in [-0.2, 0) is 25.9 Å². The van der Waals surface area contributed by atoms with Crippen molar-refractivity contribution in [1.82, 2.24) is 14.5 Å². The predicted molar refractivity (Wildman–Crippen MR) is 95.1 cm³/mol. The van der Waals surface area contributed by atoms with E-state index in [1.807, 2.05) is 35.8 Å². The summed E-state index contributed by atoms with van der Waals surface area (Å²) in [5, 5.41) is 0. The van der Waals surface area contributed by atoms with Gasteiger partial charge in [0.05, 0.1) is 29.1 Å². The zero-order valence-corrected chi connectivity index (χ0v) is 15.3. The molecule has 2 aromatic rings. The lowest BCUT2D eigenvalue weighted by molar-refractivity contribution is -0.134. The summed E-state index contributed by atoms with van der Waals surface area (Å²) in [6, 6.07) is 7.39. The molecule has 1 aliphatic rings. The summed E-state index contributed by atoms with van der Waals surface area (Å²) in [5.41, 5.74) is 1.75. The van der Waals surface area contributed by atoms with Crippen LogP contribution in [0.2, 0.25) is 0 Å². The first-order valence-corrected chi connectivity index (χ1v) is 10.1. The van der Waals surface area contributed by atoms with E-state index in [2.05, 4.69) is 4.98 Å².